The van der Waals surface area contributed by atoms with E-state index in [2.05, 4.69) is 5.32 Å². The Morgan fingerprint density at radius 3 is 2.29 bits per heavy atom. The van der Waals surface area contributed by atoms with Gasteiger partial charge in [-0.15, -0.1) is 0 Å². The normalized spacial score (nSPS) is 26.9. The largest absolute Gasteiger partial charge is 0.386 e. The Hall–Kier alpha value is -2.40. The second kappa shape index (κ2) is 9.24. The number of sulfone groups is 1. The number of hydrogen-bond donors (Lipinski definition) is 3. The van der Waals surface area contributed by atoms with Gasteiger partial charge in [-0.05, 0) is 74.8 Å². The van der Waals surface area contributed by atoms with Crippen LogP contribution in [0, 0.1) is 23.5 Å². The number of ketones is 1. The number of benzene rings is 2. The van der Waals surface area contributed by atoms with Crippen molar-refractivity contribution in [3.8, 4) is 0 Å². The third kappa shape index (κ3) is 4.48. The van der Waals surface area contributed by atoms with E-state index in [9.17, 15) is 37.0 Å². The van der Waals surface area contributed by atoms with Crippen molar-refractivity contribution in [1.29, 1.82) is 0 Å². The molecule has 2 saturated carbocycles. The van der Waals surface area contributed by atoms with Crippen LogP contribution in [0.5, 0.6) is 0 Å². The number of fused-ring (bicyclic) bond motifs is 2. The van der Waals surface area contributed by atoms with E-state index < -0.39 is 62.0 Å². The lowest BCUT2D eigenvalue weighted by Crippen LogP contribution is -2.57. The van der Waals surface area contributed by atoms with Crippen LogP contribution in [-0.2, 0) is 14.6 Å². The van der Waals surface area contributed by atoms with Crippen LogP contribution in [0.2, 0.25) is 5.02 Å². The lowest BCUT2D eigenvalue weighted by Gasteiger charge is -2.44. The third-order valence-electron chi connectivity index (χ3n) is 7.21. The summed E-state index contributed by atoms with van der Waals surface area (Å²) in [5, 5.41) is 22.8. The molecule has 0 aromatic heterocycles. The summed E-state index contributed by atoms with van der Waals surface area (Å²) >= 11 is 6.20. The van der Waals surface area contributed by atoms with Crippen molar-refractivity contribution in [3.05, 3.63) is 58.6 Å². The number of amides is 1. The number of aliphatic hydroxyl groups is 2. The molecule has 0 aliphatic heterocycles. The summed E-state index contributed by atoms with van der Waals surface area (Å²) in [6.45, 7) is 1.18. The first-order chi connectivity index (χ1) is 16.4. The minimum Gasteiger partial charge on any atom is -0.386 e. The van der Waals surface area contributed by atoms with Crippen LogP contribution >= 0.6 is 11.6 Å². The zero-order chi connectivity index (χ0) is 25.7. The van der Waals surface area contributed by atoms with Crippen molar-refractivity contribution in [3.63, 3.8) is 0 Å². The highest BCUT2D eigenvalue weighted by atomic mass is 35.5. The fourth-order valence-corrected chi connectivity index (χ4v) is 7.79. The van der Waals surface area contributed by atoms with Crippen LogP contribution in [0.4, 0.5) is 14.5 Å². The van der Waals surface area contributed by atoms with E-state index in [1.807, 2.05) is 0 Å². The molecule has 4 rings (SSSR count). The summed E-state index contributed by atoms with van der Waals surface area (Å²) in [7, 11) is -4.06. The highest BCUT2D eigenvalue weighted by molar-refractivity contribution is 7.92. The van der Waals surface area contributed by atoms with E-state index in [-0.39, 0.29) is 34.0 Å². The molecule has 11 heteroatoms. The molecular formula is C24H24ClF2NO6S. The fraction of sp³-hybridized carbons (Fsp3) is 0.417. The van der Waals surface area contributed by atoms with Gasteiger partial charge in [0.25, 0.3) is 5.91 Å². The molecule has 0 spiro atoms. The molecule has 0 saturated heterocycles. The predicted octanol–water partition coefficient (Wildman–Crippen LogP) is 3.51. The first kappa shape index (κ1) is 25.7. The van der Waals surface area contributed by atoms with Gasteiger partial charge in [0, 0.05) is 17.3 Å². The average molecular weight is 528 g/mol. The maximum atomic E-state index is 13.5. The van der Waals surface area contributed by atoms with Gasteiger partial charge in [0.15, 0.2) is 27.3 Å². The highest BCUT2D eigenvalue weighted by Crippen LogP contribution is 2.53. The minimum absolute atomic E-state index is 0.0135. The van der Waals surface area contributed by atoms with Gasteiger partial charge >= 0.3 is 0 Å². The van der Waals surface area contributed by atoms with Crippen LogP contribution in [0.15, 0.2) is 41.3 Å². The fourth-order valence-electron chi connectivity index (χ4n) is 5.39. The van der Waals surface area contributed by atoms with Crippen molar-refractivity contribution in [2.45, 2.75) is 54.5 Å². The lowest BCUT2D eigenvalue weighted by molar-refractivity contribution is -0.162. The van der Waals surface area contributed by atoms with Crippen LogP contribution in [0.1, 0.15) is 43.0 Å². The lowest BCUT2D eigenvalue weighted by atomic mass is 9.70. The summed E-state index contributed by atoms with van der Waals surface area (Å²) in [5.74, 6) is -4.71. The number of Topliss-reactive ketones (excluding diaryl/α,β-unsaturated/α-hetero) is 1. The summed E-state index contributed by atoms with van der Waals surface area (Å²) in [4.78, 5) is 24.1. The van der Waals surface area contributed by atoms with Gasteiger partial charge in [-0.1, -0.05) is 11.6 Å². The topological polar surface area (TPSA) is 121 Å². The molecule has 2 aromatic rings. The summed E-state index contributed by atoms with van der Waals surface area (Å²) < 4.78 is 53.7. The standard InChI is InChI=1S/C24H24ClF2NO6S/c1-12(29)22(30)24(32)14-3-4-15(24)10-17(9-14)35(33,34)21-8-13(2-6-18(21)25)23(31)28-16-5-7-19(26)20(27)11-16/h2,5-8,11,14-15,17,22,30,32H,3-4,9-10H2,1H3,(H,28,31)/t14?,15?,17-,22-,24-/m1/s1. The second-order valence-electron chi connectivity index (χ2n) is 9.24. The molecule has 2 aromatic carbocycles. The summed E-state index contributed by atoms with van der Waals surface area (Å²) in [5.41, 5.74) is -1.74. The van der Waals surface area contributed by atoms with E-state index in [1.165, 1.54) is 19.1 Å². The van der Waals surface area contributed by atoms with Gasteiger partial charge in [-0.2, -0.15) is 0 Å². The van der Waals surface area contributed by atoms with E-state index in [0.29, 0.717) is 12.8 Å². The maximum Gasteiger partial charge on any atom is 0.255 e. The molecule has 2 aliphatic carbocycles. The van der Waals surface area contributed by atoms with Gasteiger partial charge in [-0.25, -0.2) is 17.2 Å². The van der Waals surface area contributed by atoms with Crippen LogP contribution < -0.4 is 5.32 Å². The Morgan fingerprint density at radius 2 is 1.71 bits per heavy atom. The molecule has 188 valence electrons. The maximum absolute atomic E-state index is 13.5. The molecule has 2 aliphatic rings. The molecule has 3 atom stereocenters. The summed E-state index contributed by atoms with van der Waals surface area (Å²) in [6, 6.07) is 6.52. The number of hydrogen-bond acceptors (Lipinski definition) is 6. The Morgan fingerprint density at radius 1 is 1.09 bits per heavy atom. The van der Waals surface area contributed by atoms with Crippen molar-refractivity contribution in [1.82, 2.24) is 0 Å². The number of anilines is 1. The van der Waals surface area contributed by atoms with Gasteiger partial charge in [0.05, 0.1) is 15.2 Å². The molecular weight excluding hydrogens is 504 g/mol. The molecule has 7 nitrogen and oxygen atoms in total. The number of carbonyl (C=O) groups is 2. The zero-order valence-corrected chi connectivity index (χ0v) is 20.2. The Balaban J connectivity index is 1.59. The van der Waals surface area contributed by atoms with Gasteiger partial charge < -0.3 is 15.5 Å². The Kier molecular flexibility index (Phi) is 6.78. The van der Waals surface area contributed by atoms with E-state index in [1.54, 1.807) is 0 Å². The zero-order valence-electron chi connectivity index (χ0n) is 18.7. The van der Waals surface area contributed by atoms with Gasteiger partial charge in [-0.3, -0.25) is 9.59 Å². The Bertz CT molecular complexity index is 1290. The number of carbonyl (C=O) groups excluding carboxylic acids is 2. The van der Waals surface area contributed by atoms with E-state index in [4.69, 9.17) is 11.6 Å². The van der Waals surface area contributed by atoms with Crippen molar-refractivity contribution >= 4 is 38.8 Å². The van der Waals surface area contributed by atoms with Gasteiger partial charge in [0.2, 0.25) is 0 Å². The Labute approximate surface area is 206 Å². The smallest absolute Gasteiger partial charge is 0.255 e. The first-order valence-electron chi connectivity index (χ1n) is 11.1. The predicted molar refractivity (Wildman–Crippen MR) is 124 cm³/mol. The third-order valence-corrected chi connectivity index (χ3v) is 9.86. The first-order valence-corrected chi connectivity index (χ1v) is 13.0. The highest BCUT2D eigenvalue weighted by Gasteiger charge is 2.60. The van der Waals surface area contributed by atoms with Crippen molar-refractivity contribution in [2.75, 3.05) is 5.32 Å². The molecule has 1 amide bonds. The average Bonchev–Trinajstić information content (AvgIpc) is 2.97. The molecule has 2 fully saturated rings. The quantitative estimate of drug-likeness (QED) is 0.528. The summed E-state index contributed by atoms with van der Waals surface area (Å²) in [6.07, 6.45) is -0.581. The SMILES string of the molecule is CC(=O)[C@@H](O)[C@]1(O)C2CCC1C[C@@H](S(=O)(=O)c1cc(C(=O)Nc3ccc(F)c(F)c3)ccc1Cl)C2. The van der Waals surface area contributed by atoms with Crippen LogP contribution in [0.3, 0.4) is 0 Å². The molecule has 2 bridgehead atoms. The molecule has 35 heavy (non-hydrogen) atoms. The molecule has 2 unspecified atom stereocenters. The van der Waals surface area contributed by atoms with Crippen molar-refractivity contribution in [2.24, 2.45) is 11.8 Å². The van der Waals surface area contributed by atoms with E-state index in [0.717, 1.165) is 24.3 Å². The molecule has 0 radical (unpaired) electrons. The van der Waals surface area contributed by atoms with Crippen LogP contribution in [0.25, 0.3) is 0 Å². The molecule has 0 heterocycles. The molecule has 3 N–H and O–H groups in total. The van der Waals surface area contributed by atoms with Crippen LogP contribution in [-0.4, -0.2) is 47.3 Å². The number of halogens is 3. The van der Waals surface area contributed by atoms with E-state index >= 15 is 0 Å². The second-order valence-corrected chi connectivity index (χ2v) is 11.8. The monoisotopic (exact) mass is 527 g/mol. The van der Waals surface area contributed by atoms with Crippen molar-refractivity contribution < 1.29 is 37.0 Å². The van der Waals surface area contributed by atoms with Gasteiger partial charge in [0.1, 0.15) is 11.7 Å². The number of nitrogens with one attached hydrogen (secondary N) is 1. The minimum atomic E-state index is -4.06. The number of aliphatic hydroxyl groups excluding tert-OH is 1. The number of rotatable bonds is 6.